The van der Waals surface area contributed by atoms with Crippen molar-refractivity contribution in [1.29, 1.82) is 0 Å². The van der Waals surface area contributed by atoms with E-state index in [0.717, 1.165) is 10.0 Å². The number of aromatic amines is 1. The molecule has 13 heteroatoms. The first-order valence-corrected chi connectivity index (χ1v) is 9.41. The molecule has 0 aromatic carbocycles. The lowest BCUT2D eigenvalue weighted by molar-refractivity contribution is -0.166. The molecule has 0 aliphatic carbocycles. The Labute approximate surface area is 175 Å². The Bertz CT molecular complexity index is 928. The number of aromatic nitrogens is 2. The summed E-state index contributed by atoms with van der Waals surface area (Å²) in [6.45, 7) is 0. The predicted octanol–water partition coefficient (Wildman–Crippen LogP) is -1.68. The van der Waals surface area contributed by atoms with Gasteiger partial charge in [-0.05, 0) is 12.8 Å². The molecule has 2 aliphatic heterocycles. The Morgan fingerprint density at radius 1 is 1.35 bits per heavy atom. The van der Waals surface area contributed by atoms with E-state index in [9.17, 15) is 28.8 Å². The molecule has 0 unspecified atom stereocenters. The van der Waals surface area contributed by atoms with Gasteiger partial charge in [-0.25, -0.2) is 15.0 Å². The van der Waals surface area contributed by atoms with Gasteiger partial charge in [-0.2, -0.15) is 0 Å². The lowest BCUT2D eigenvalue weighted by Gasteiger charge is -2.39. The summed E-state index contributed by atoms with van der Waals surface area (Å²) >= 11 is 0. The number of hydrogen-bond acceptors (Lipinski definition) is 7. The highest BCUT2D eigenvalue weighted by Crippen LogP contribution is 2.24. The Balaban J connectivity index is 1.81. The number of H-pyrrole nitrogens is 1. The zero-order chi connectivity index (χ0) is 22.5. The molecule has 0 bridgehead atoms. The minimum absolute atomic E-state index is 0.00920. The van der Waals surface area contributed by atoms with Crippen LogP contribution in [0.4, 0.5) is 0 Å². The van der Waals surface area contributed by atoms with Crippen molar-refractivity contribution in [3.63, 3.8) is 0 Å². The topological polar surface area (TPSA) is 182 Å². The first-order valence-electron chi connectivity index (χ1n) is 9.41. The lowest BCUT2D eigenvalue weighted by Crippen LogP contribution is -2.62. The van der Waals surface area contributed by atoms with Gasteiger partial charge < -0.3 is 25.5 Å². The fourth-order valence-electron chi connectivity index (χ4n) is 3.31. The number of nitrogens with one attached hydrogen (secondary N) is 3. The molecule has 3 heterocycles. The number of carbonyl (C=O) groups is 6. The standard InChI is InChI=1S/C18H20N6O7/c25-9-10(8-14(27)28)21-16(29)12-2-1-7-23-13(26)4-3-11(18(31)24(12)23)22-17(30)15-19-5-6-20-15/h1,5-7,9-12H,2-4,8H2,(H,19,20)(H,21,29)(H,22,30)(H,27,28)/t10-,11-,12-/m0/s1. The summed E-state index contributed by atoms with van der Waals surface area (Å²) in [6.07, 6.45) is 5.29. The molecule has 0 spiro atoms. The van der Waals surface area contributed by atoms with Gasteiger partial charge in [0.25, 0.3) is 11.8 Å². The maximum Gasteiger partial charge on any atom is 0.305 e. The van der Waals surface area contributed by atoms with Crippen molar-refractivity contribution in [2.24, 2.45) is 0 Å². The monoisotopic (exact) mass is 432 g/mol. The average Bonchev–Trinajstić information content (AvgIpc) is 3.25. The van der Waals surface area contributed by atoms with E-state index in [1.54, 1.807) is 0 Å². The van der Waals surface area contributed by atoms with Crippen molar-refractivity contribution in [2.45, 2.75) is 43.8 Å². The van der Waals surface area contributed by atoms with E-state index in [-0.39, 0.29) is 31.4 Å². The zero-order valence-electron chi connectivity index (χ0n) is 16.2. The summed E-state index contributed by atoms with van der Waals surface area (Å²) in [7, 11) is 0. The second-order valence-electron chi connectivity index (χ2n) is 6.91. The van der Waals surface area contributed by atoms with Gasteiger partial charge >= 0.3 is 5.97 Å². The minimum Gasteiger partial charge on any atom is -0.481 e. The number of carbonyl (C=O) groups excluding carboxylic acids is 5. The van der Waals surface area contributed by atoms with Gasteiger partial charge in [-0.3, -0.25) is 24.0 Å². The van der Waals surface area contributed by atoms with Crippen LogP contribution < -0.4 is 10.6 Å². The van der Waals surface area contributed by atoms with Crippen LogP contribution in [0.15, 0.2) is 24.7 Å². The molecule has 0 saturated carbocycles. The number of imidazole rings is 1. The third-order valence-electron chi connectivity index (χ3n) is 4.77. The summed E-state index contributed by atoms with van der Waals surface area (Å²) in [5.74, 6) is -3.92. The molecule has 3 rings (SSSR count). The van der Waals surface area contributed by atoms with E-state index in [4.69, 9.17) is 5.11 Å². The van der Waals surface area contributed by atoms with Crippen LogP contribution in [0.1, 0.15) is 36.3 Å². The first-order chi connectivity index (χ1) is 14.8. The number of fused-ring (bicyclic) bond motifs is 1. The fourth-order valence-corrected chi connectivity index (χ4v) is 3.31. The zero-order valence-corrected chi connectivity index (χ0v) is 16.2. The number of aliphatic carboxylic acids is 1. The van der Waals surface area contributed by atoms with Gasteiger partial charge in [-0.1, -0.05) is 6.08 Å². The van der Waals surface area contributed by atoms with Crippen LogP contribution >= 0.6 is 0 Å². The highest BCUT2D eigenvalue weighted by atomic mass is 16.4. The second kappa shape index (κ2) is 9.19. The molecular weight excluding hydrogens is 412 g/mol. The molecule has 4 amide bonds. The van der Waals surface area contributed by atoms with Crippen LogP contribution in [-0.2, 0) is 24.0 Å². The molecule has 3 atom stereocenters. The van der Waals surface area contributed by atoms with Gasteiger partial charge in [-0.15, -0.1) is 0 Å². The van der Waals surface area contributed by atoms with E-state index >= 15 is 0 Å². The number of rotatable bonds is 7. The van der Waals surface area contributed by atoms with Crippen molar-refractivity contribution in [1.82, 2.24) is 30.6 Å². The number of hydrogen-bond donors (Lipinski definition) is 4. The van der Waals surface area contributed by atoms with Gasteiger partial charge in [0.2, 0.25) is 11.8 Å². The normalized spacial score (nSPS) is 21.7. The molecule has 164 valence electrons. The molecule has 13 nitrogen and oxygen atoms in total. The van der Waals surface area contributed by atoms with Crippen molar-refractivity contribution >= 4 is 35.9 Å². The van der Waals surface area contributed by atoms with Crippen molar-refractivity contribution in [3.05, 3.63) is 30.5 Å². The van der Waals surface area contributed by atoms with Crippen LogP contribution in [0.5, 0.6) is 0 Å². The third-order valence-corrected chi connectivity index (χ3v) is 4.77. The number of nitrogens with zero attached hydrogens (tertiary/aromatic N) is 3. The van der Waals surface area contributed by atoms with Gasteiger partial charge in [0, 0.05) is 25.0 Å². The van der Waals surface area contributed by atoms with Gasteiger partial charge in [0.05, 0.1) is 12.5 Å². The molecule has 2 aliphatic rings. The van der Waals surface area contributed by atoms with Crippen LogP contribution in [0, 0.1) is 0 Å². The number of aldehydes is 1. The van der Waals surface area contributed by atoms with Gasteiger partial charge in [0.15, 0.2) is 5.82 Å². The predicted molar refractivity (Wildman–Crippen MR) is 101 cm³/mol. The summed E-state index contributed by atoms with van der Waals surface area (Å²) in [5, 5.41) is 15.6. The van der Waals surface area contributed by atoms with Crippen molar-refractivity contribution in [2.75, 3.05) is 0 Å². The second-order valence-corrected chi connectivity index (χ2v) is 6.91. The highest BCUT2D eigenvalue weighted by molar-refractivity contribution is 5.98. The van der Waals surface area contributed by atoms with E-state index < -0.39 is 54.1 Å². The molecular formula is C18H20N6O7. The number of carboxylic acid groups (broad SMARTS) is 1. The number of hydrazine groups is 1. The number of amides is 4. The van der Waals surface area contributed by atoms with Gasteiger partial charge in [0.1, 0.15) is 18.4 Å². The molecule has 1 saturated heterocycles. The van der Waals surface area contributed by atoms with Crippen LogP contribution in [0.3, 0.4) is 0 Å². The summed E-state index contributed by atoms with van der Waals surface area (Å²) in [6, 6.07) is -3.61. The quantitative estimate of drug-likeness (QED) is 0.368. The molecule has 1 aromatic heterocycles. The summed E-state index contributed by atoms with van der Waals surface area (Å²) < 4.78 is 0. The van der Waals surface area contributed by atoms with Crippen molar-refractivity contribution in [3.8, 4) is 0 Å². The number of carboxylic acids is 1. The average molecular weight is 432 g/mol. The molecule has 0 radical (unpaired) electrons. The Kier molecular flexibility index (Phi) is 6.43. The molecule has 4 N–H and O–H groups in total. The van der Waals surface area contributed by atoms with E-state index in [1.165, 1.54) is 24.7 Å². The Morgan fingerprint density at radius 2 is 2.13 bits per heavy atom. The molecule has 1 fully saturated rings. The Hall–Kier alpha value is -4.03. The molecule has 31 heavy (non-hydrogen) atoms. The SMILES string of the molecule is O=C[C@H](CC(=O)O)NC(=O)[C@@H]1CC=CN2C(=O)CC[C@H](NC(=O)c3ncc[nH]3)C(=O)N12. The van der Waals surface area contributed by atoms with E-state index in [0.29, 0.717) is 0 Å². The van der Waals surface area contributed by atoms with E-state index in [1.807, 2.05) is 0 Å². The summed E-state index contributed by atoms with van der Waals surface area (Å²) in [4.78, 5) is 79.2. The lowest BCUT2D eigenvalue weighted by atomic mass is 10.1. The van der Waals surface area contributed by atoms with E-state index in [2.05, 4.69) is 20.6 Å². The smallest absolute Gasteiger partial charge is 0.305 e. The highest BCUT2D eigenvalue weighted by Gasteiger charge is 2.43. The van der Waals surface area contributed by atoms with Crippen LogP contribution in [0.2, 0.25) is 0 Å². The van der Waals surface area contributed by atoms with Crippen molar-refractivity contribution < 1.29 is 33.9 Å². The summed E-state index contributed by atoms with van der Waals surface area (Å²) in [5.41, 5.74) is 0. The first kappa shape index (κ1) is 21.7. The van der Waals surface area contributed by atoms with Crippen LogP contribution in [-0.4, -0.2) is 79.1 Å². The largest absolute Gasteiger partial charge is 0.481 e. The maximum atomic E-state index is 13.2. The minimum atomic E-state index is -1.29. The third kappa shape index (κ3) is 4.76. The Morgan fingerprint density at radius 3 is 2.77 bits per heavy atom. The maximum absolute atomic E-state index is 13.2. The molecule has 1 aromatic rings. The fraction of sp³-hybridized carbons (Fsp3) is 0.389. The van der Waals surface area contributed by atoms with Crippen LogP contribution in [0.25, 0.3) is 0 Å².